The van der Waals surface area contributed by atoms with Crippen LogP contribution in [0.3, 0.4) is 0 Å². The molecule has 1 heterocycles. The molecule has 0 radical (unpaired) electrons. The molecule has 0 saturated heterocycles. The van der Waals surface area contributed by atoms with E-state index in [2.05, 4.69) is 27.9 Å². The maximum atomic E-state index is 12.4. The molecule has 0 spiro atoms. The zero-order valence-corrected chi connectivity index (χ0v) is 19.0. The van der Waals surface area contributed by atoms with Gasteiger partial charge in [0.15, 0.2) is 11.5 Å². The van der Waals surface area contributed by atoms with Crippen LogP contribution in [-0.2, 0) is 17.8 Å². The number of hydrogen-bond acceptors (Lipinski definition) is 4. The van der Waals surface area contributed by atoms with Gasteiger partial charge in [-0.1, -0.05) is 25.1 Å². The number of methoxy groups -OCH3 is 1. The molecule has 0 unspecified atom stereocenters. The molecule has 1 aliphatic carbocycles. The lowest BCUT2D eigenvalue weighted by Gasteiger charge is -2.26. The molecule has 6 heteroatoms. The second kappa shape index (κ2) is 10.5. The molecule has 1 saturated carbocycles. The van der Waals surface area contributed by atoms with Crippen molar-refractivity contribution in [2.75, 3.05) is 13.7 Å². The van der Waals surface area contributed by atoms with Gasteiger partial charge in [-0.3, -0.25) is 4.79 Å². The van der Waals surface area contributed by atoms with Crippen molar-refractivity contribution < 1.29 is 14.3 Å². The molecule has 0 bridgehead atoms. The lowest BCUT2D eigenvalue weighted by molar-refractivity contribution is -0.122. The van der Waals surface area contributed by atoms with Gasteiger partial charge in [0.05, 0.1) is 31.0 Å². The van der Waals surface area contributed by atoms with Crippen molar-refractivity contribution in [1.82, 2.24) is 14.9 Å². The van der Waals surface area contributed by atoms with E-state index in [0.717, 1.165) is 35.4 Å². The molecule has 2 aromatic carbocycles. The molecule has 32 heavy (non-hydrogen) atoms. The number of aromatic nitrogens is 2. The lowest BCUT2D eigenvalue weighted by atomic mass is 9.87. The Bertz CT molecular complexity index is 1040. The molecular formula is C26H33N3O3. The van der Waals surface area contributed by atoms with Crippen LogP contribution < -0.4 is 14.8 Å². The van der Waals surface area contributed by atoms with Gasteiger partial charge in [0, 0.05) is 12.5 Å². The summed E-state index contributed by atoms with van der Waals surface area (Å²) in [5, 5.41) is 3.20. The monoisotopic (exact) mass is 435 g/mol. The second-order valence-corrected chi connectivity index (χ2v) is 8.78. The van der Waals surface area contributed by atoms with E-state index in [4.69, 9.17) is 9.47 Å². The Morgan fingerprint density at radius 2 is 1.94 bits per heavy atom. The van der Waals surface area contributed by atoms with Gasteiger partial charge in [-0.25, -0.2) is 4.98 Å². The number of nitrogens with one attached hydrogen (secondary N) is 1. The van der Waals surface area contributed by atoms with Gasteiger partial charge in [-0.2, -0.15) is 0 Å². The van der Waals surface area contributed by atoms with Gasteiger partial charge < -0.3 is 19.4 Å². The van der Waals surface area contributed by atoms with E-state index in [1.165, 1.54) is 12.8 Å². The van der Waals surface area contributed by atoms with Gasteiger partial charge >= 0.3 is 0 Å². The van der Waals surface area contributed by atoms with E-state index in [9.17, 15) is 4.79 Å². The highest BCUT2D eigenvalue weighted by Gasteiger charge is 2.19. The Labute approximate surface area is 189 Å². The summed E-state index contributed by atoms with van der Waals surface area (Å²) in [4.78, 5) is 16.8. The van der Waals surface area contributed by atoms with Crippen molar-refractivity contribution in [3.05, 3.63) is 54.4 Å². The Balaban J connectivity index is 1.27. The van der Waals surface area contributed by atoms with E-state index in [1.807, 2.05) is 42.7 Å². The highest BCUT2D eigenvalue weighted by molar-refractivity contribution is 5.76. The molecule has 1 N–H and O–H groups in total. The number of aryl methyl sites for hydroxylation is 1. The number of hydrogen-bond donors (Lipinski definition) is 1. The largest absolute Gasteiger partial charge is 0.493 e. The standard InChI is InChI=1S/C26H33N3O3/c1-19-7-11-21(12-8-19)28-26(30)14-10-20-9-13-24(25(17-20)31-2)32-16-15-29-18-27-22-5-3-4-6-23(22)29/h3-6,9,13,17-19,21H,7-8,10-12,14-16H2,1-2H3,(H,28,30). The summed E-state index contributed by atoms with van der Waals surface area (Å²) in [6.07, 6.45) is 7.63. The normalized spacial score (nSPS) is 18.4. The zero-order chi connectivity index (χ0) is 22.3. The molecule has 4 rings (SSSR count). The van der Waals surface area contributed by atoms with Crippen molar-refractivity contribution in [2.24, 2.45) is 5.92 Å². The predicted molar refractivity (Wildman–Crippen MR) is 126 cm³/mol. The SMILES string of the molecule is COc1cc(CCC(=O)NC2CCC(C)CC2)ccc1OCCn1cnc2ccccc21. The maximum absolute atomic E-state index is 12.4. The number of nitrogens with zero attached hydrogens (tertiary/aromatic N) is 2. The molecule has 3 aromatic rings. The molecule has 1 aromatic heterocycles. The molecule has 1 fully saturated rings. The molecule has 0 aliphatic heterocycles. The van der Waals surface area contributed by atoms with Gasteiger partial charge in [-0.15, -0.1) is 0 Å². The number of benzene rings is 2. The number of para-hydroxylation sites is 2. The summed E-state index contributed by atoms with van der Waals surface area (Å²) in [5.41, 5.74) is 3.15. The number of carbonyl (C=O) groups is 1. The minimum Gasteiger partial charge on any atom is -0.493 e. The van der Waals surface area contributed by atoms with Gasteiger partial charge in [0.2, 0.25) is 5.91 Å². The fourth-order valence-corrected chi connectivity index (χ4v) is 4.39. The third-order valence-corrected chi connectivity index (χ3v) is 6.37. The topological polar surface area (TPSA) is 65.4 Å². The number of ether oxygens (including phenoxy) is 2. The van der Waals surface area contributed by atoms with E-state index >= 15 is 0 Å². The van der Waals surface area contributed by atoms with Gasteiger partial charge in [-0.05, 0) is 67.9 Å². The van der Waals surface area contributed by atoms with E-state index in [-0.39, 0.29) is 5.91 Å². The lowest BCUT2D eigenvalue weighted by Crippen LogP contribution is -2.37. The highest BCUT2D eigenvalue weighted by atomic mass is 16.5. The zero-order valence-electron chi connectivity index (χ0n) is 19.0. The first-order valence-corrected chi connectivity index (χ1v) is 11.6. The number of carbonyl (C=O) groups excluding carboxylic acids is 1. The van der Waals surface area contributed by atoms with Crippen molar-refractivity contribution in [3.8, 4) is 11.5 Å². The number of imidazole rings is 1. The third-order valence-electron chi connectivity index (χ3n) is 6.37. The molecule has 0 atom stereocenters. The molecule has 1 aliphatic rings. The minimum absolute atomic E-state index is 0.136. The maximum Gasteiger partial charge on any atom is 0.220 e. The van der Waals surface area contributed by atoms with E-state index < -0.39 is 0 Å². The molecule has 170 valence electrons. The van der Waals surface area contributed by atoms with Crippen LogP contribution in [0.2, 0.25) is 0 Å². The fourth-order valence-electron chi connectivity index (χ4n) is 4.39. The van der Waals surface area contributed by atoms with Crippen molar-refractivity contribution >= 4 is 16.9 Å². The fraction of sp³-hybridized carbons (Fsp3) is 0.462. The van der Waals surface area contributed by atoms with Crippen molar-refractivity contribution in [2.45, 2.75) is 58.0 Å². The second-order valence-electron chi connectivity index (χ2n) is 8.78. The van der Waals surface area contributed by atoms with Crippen LogP contribution >= 0.6 is 0 Å². The van der Waals surface area contributed by atoms with Crippen molar-refractivity contribution in [1.29, 1.82) is 0 Å². The number of rotatable bonds is 9. The number of fused-ring (bicyclic) bond motifs is 1. The summed E-state index contributed by atoms with van der Waals surface area (Å²) in [6, 6.07) is 14.3. The molecular weight excluding hydrogens is 402 g/mol. The van der Waals surface area contributed by atoms with Crippen molar-refractivity contribution in [3.63, 3.8) is 0 Å². The Kier molecular flexibility index (Phi) is 7.30. The average Bonchev–Trinajstić information content (AvgIpc) is 3.23. The van der Waals surface area contributed by atoms with Gasteiger partial charge in [0.25, 0.3) is 0 Å². The summed E-state index contributed by atoms with van der Waals surface area (Å²) in [6.45, 7) is 3.50. The quantitative estimate of drug-likeness (QED) is 0.527. The Morgan fingerprint density at radius 1 is 1.12 bits per heavy atom. The van der Waals surface area contributed by atoms with Crippen LogP contribution in [0.4, 0.5) is 0 Å². The van der Waals surface area contributed by atoms with Crippen LogP contribution in [0.15, 0.2) is 48.8 Å². The predicted octanol–water partition coefficient (Wildman–Crippen LogP) is 4.75. The molecule has 6 nitrogen and oxygen atoms in total. The number of amides is 1. The van der Waals surface area contributed by atoms with E-state index in [0.29, 0.717) is 43.5 Å². The van der Waals surface area contributed by atoms with E-state index in [1.54, 1.807) is 7.11 Å². The summed E-state index contributed by atoms with van der Waals surface area (Å²) in [7, 11) is 1.64. The van der Waals surface area contributed by atoms with Crippen LogP contribution in [0.1, 0.15) is 44.6 Å². The third kappa shape index (κ3) is 5.61. The van der Waals surface area contributed by atoms with Crippen LogP contribution in [0, 0.1) is 5.92 Å². The first kappa shape index (κ1) is 22.2. The highest BCUT2D eigenvalue weighted by Crippen LogP contribution is 2.29. The van der Waals surface area contributed by atoms with Crippen LogP contribution in [0.5, 0.6) is 11.5 Å². The summed E-state index contributed by atoms with van der Waals surface area (Å²) < 4.78 is 13.6. The van der Waals surface area contributed by atoms with Crippen LogP contribution in [-0.4, -0.2) is 35.2 Å². The smallest absolute Gasteiger partial charge is 0.220 e. The first-order valence-electron chi connectivity index (χ1n) is 11.6. The minimum atomic E-state index is 0.136. The Morgan fingerprint density at radius 3 is 2.75 bits per heavy atom. The average molecular weight is 436 g/mol. The molecule has 1 amide bonds. The summed E-state index contributed by atoms with van der Waals surface area (Å²) in [5.74, 6) is 2.33. The summed E-state index contributed by atoms with van der Waals surface area (Å²) >= 11 is 0. The first-order chi connectivity index (χ1) is 15.6. The van der Waals surface area contributed by atoms with Gasteiger partial charge in [0.1, 0.15) is 6.61 Å². The Hall–Kier alpha value is -3.02. The van der Waals surface area contributed by atoms with Crippen LogP contribution in [0.25, 0.3) is 11.0 Å².